The third-order valence-electron chi connectivity index (χ3n) is 2.90. The van der Waals surface area contributed by atoms with Gasteiger partial charge >= 0.3 is 0 Å². The number of benzene rings is 1. The van der Waals surface area contributed by atoms with Gasteiger partial charge in [0.05, 0.1) is 9.82 Å². The average molecular weight is 327 g/mol. The molecule has 0 atom stereocenters. The summed E-state index contributed by atoms with van der Waals surface area (Å²) in [5.74, 6) is 0.282. The van der Waals surface area contributed by atoms with Crippen molar-refractivity contribution in [3.63, 3.8) is 0 Å². The molecule has 0 fully saturated rings. The van der Waals surface area contributed by atoms with E-state index in [0.717, 1.165) is 15.1 Å². The summed E-state index contributed by atoms with van der Waals surface area (Å²) in [5.41, 5.74) is -1.26. The van der Waals surface area contributed by atoms with E-state index in [0.29, 0.717) is 0 Å². The molecule has 1 heterocycles. The fraction of sp³-hybridized carbons (Fsp3) is 0.250. The van der Waals surface area contributed by atoms with Crippen LogP contribution in [-0.2, 0) is 10.0 Å². The zero-order chi connectivity index (χ0) is 16.7. The van der Waals surface area contributed by atoms with E-state index >= 15 is 0 Å². The molecule has 0 aliphatic carbocycles. The zero-order valence-corrected chi connectivity index (χ0v) is 12.8. The number of hydrogen-bond acceptors (Lipinski definition) is 6. The van der Waals surface area contributed by atoms with Crippen LogP contribution in [0.3, 0.4) is 0 Å². The zero-order valence-electron chi connectivity index (χ0n) is 12.0. The second-order valence-corrected chi connectivity index (χ2v) is 6.83. The fourth-order valence-corrected chi connectivity index (χ4v) is 2.73. The first-order valence-corrected chi connectivity index (χ1v) is 7.50. The predicted molar refractivity (Wildman–Crippen MR) is 76.6 cm³/mol. The molecule has 0 bridgehead atoms. The van der Waals surface area contributed by atoms with Crippen LogP contribution in [0.5, 0.6) is 0 Å². The van der Waals surface area contributed by atoms with Crippen molar-refractivity contribution < 1.29 is 17.9 Å². The molecule has 0 unspecified atom stereocenters. The molecule has 0 amide bonds. The predicted octanol–water partition coefficient (Wildman–Crippen LogP) is 0.897. The number of sulfonamides is 1. The number of nitro groups is 1. The lowest BCUT2D eigenvalue weighted by molar-refractivity contribution is -0.385. The maximum absolute atomic E-state index is 12.0. The van der Waals surface area contributed by atoms with E-state index in [1.165, 1.54) is 39.2 Å². The average Bonchev–Trinajstić information content (AvgIpc) is 2.76. The number of hydrogen-bond donors (Lipinski definition) is 0. The van der Waals surface area contributed by atoms with Crippen molar-refractivity contribution in [2.45, 2.75) is 11.8 Å². The highest BCUT2D eigenvalue weighted by Gasteiger charge is 2.25. The minimum Gasteiger partial charge on any atom is -0.376 e. The lowest BCUT2D eigenvalue weighted by Gasteiger charge is -2.11. The first-order chi connectivity index (χ1) is 10.1. The molecular formula is C12H13N3O6S. The molecule has 2 rings (SSSR count). The second-order valence-electron chi connectivity index (χ2n) is 4.67. The largest absolute Gasteiger partial charge is 0.376 e. The number of nitrogens with zero attached hydrogens (tertiary/aromatic N) is 3. The maximum atomic E-state index is 12.0. The third kappa shape index (κ3) is 2.65. The van der Waals surface area contributed by atoms with Gasteiger partial charge in [-0.25, -0.2) is 12.7 Å². The molecule has 0 radical (unpaired) electrons. The Morgan fingerprint density at radius 1 is 1.27 bits per heavy atom. The van der Waals surface area contributed by atoms with Crippen molar-refractivity contribution in [2.24, 2.45) is 0 Å². The summed E-state index contributed by atoms with van der Waals surface area (Å²) in [6.45, 7) is 1.52. The summed E-state index contributed by atoms with van der Waals surface area (Å²) < 4.78 is 30.9. The molecule has 9 nitrogen and oxygen atoms in total. The van der Waals surface area contributed by atoms with Crippen LogP contribution in [0.2, 0.25) is 0 Å². The summed E-state index contributed by atoms with van der Waals surface area (Å²) >= 11 is 0. The van der Waals surface area contributed by atoms with Crippen LogP contribution in [0.15, 0.2) is 38.5 Å². The molecule has 0 spiro atoms. The fourth-order valence-electron chi connectivity index (χ4n) is 1.81. The summed E-state index contributed by atoms with van der Waals surface area (Å²) in [6, 6.07) is 4.42. The maximum Gasteiger partial charge on any atom is 0.297 e. The van der Waals surface area contributed by atoms with E-state index in [-0.39, 0.29) is 16.3 Å². The molecule has 0 saturated carbocycles. The van der Waals surface area contributed by atoms with Gasteiger partial charge in [-0.15, -0.1) is 4.74 Å². The van der Waals surface area contributed by atoms with Crippen molar-refractivity contribution in [3.05, 3.63) is 50.5 Å². The third-order valence-corrected chi connectivity index (χ3v) is 4.71. The van der Waals surface area contributed by atoms with Crippen molar-refractivity contribution in [2.75, 3.05) is 14.1 Å². The van der Waals surface area contributed by atoms with Gasteiger partial charge in [0.25, 0.3) is 11.2 Å². The first kappa shape index (κ1) is 15.9. The van der Waals surface area contributed by atoms with E-state index in [9.17, 15) is 23.3 Å². The summed E-state index contributed by atoms with van der Waals surface area (Å²) in [4.78, 5) is 21.9. The first-order valence-electron chi connectivity index (χ1n) is 6.06. The lowest BCUT2D eigenvalue weighted by Crippen LogP contribution is -2.22. The highest BCUT2D eigenvalue weighted by atomic mass is 32.2. The Morgan fingerprint density at radius 3 is 2.36 bits per heavy atom. The molecule has 0 aliphatic heterocycles. The number of aromatic nitrogens is 1. The van der Waals surface area contributed by atoms with Crippen LogP contribution in [-0.4, -0.2) is 36.5 Å². The molecule has 1 aromatic heterocycles. The lowest BCUT2D eigenvalue weighted by atomic mass is 10.2. The van der Waals surface area contributed by atoms with Crippen molar-refractivity contribution in [3.8, 4) is 5.69 Å². The Balaban J connectivity index is 2.72. The molecule has 22 heavy (non-hydrogen) atoms. The molecule has 0 N–H and O–H groups in total. The Labute approximate surface area is 125 Å². The van der Waals surface area contributed by atoms with Gasteiger partial charge in [-0.05, 0) is 19.1 Å². The van der Waals surface area contributed by atoms with Gasteiger partial charge in [0.1, 0.15) is 5.76 Å². The van der Waals surface area contributed by atoms with E-state index < -0.39 is 26.2 Å². The second kappa shape index (κ2) is 5.39. The minimum atomic E-state index is -3.83. The van der Waals surface area contributed by atoms with Crippen LogP contribution in [0, 0.1) is 17.0 Å². The molecule has 0 saturated heterocycles. The van der Waals surface area contributed by atoms with E-state index in [4.69, 9.17) is 4.52 Å². The monoisotopic (exact) mass is 327 g/mol. The molecule has 118 valence electrons. The van der Waals surface area contributed by atoms with Gasteiger partial charge in [-0.1, -0.05) is 0 Å². The minimum absolute atomic E-state index is 0.138. The standard InChI is InChI=1S/C12H13N3O6S/c1-8-6-12(16)14(21-8)10-5-4-9(7-11(10)15(17)18)22(19,20)13(2)3/h4-7H,1-3H3. The summed E-state index contributed by atoms with van der Waals surface area (Å²) in [7, 11) is -1.20. The van der Waals surface area contributed by atoms with Crippen molar-refractivity contribution >= 4 is 15.7 Å². The Kier molecular flexibility index (Phi) is 3.90. The van der Waals surface area contributed by atoms with Gasteiger partial charge < -0.3 is 4.52 Å². The van der Waals surface area contributed by atoms with Crippen LogP contribution >= 0.6 is 0 Å². The van der Waals surface area contributed by atoms with E-state index in [1.54, 1.807) is 0 Å². The SMILES string of the molecule is Cc1cc(=O)n(-c2ccc(S(=O)(=O)N(C)C)cc2[N+](=O)[O-])o1. The van der Waals surface area contributed by atoms with Crippen molar-refractivity contribution in [1.29, 1.82) is 0 Å². The van der Waals surface area contributed by atoms with Crippen molar-refractivity contribution in [1.82, 2.24) is 9.05 Å². The molecule has 10 heteroatoms. The van der Waals surface area contributed by atoms with Gasteiger partial charge in [0.2, 0.25) is 10.0 Å². The quantitative estimate of drug-likeness (QED) is 0.608. The summed E-state index contributed by atoms with van der Waals surface area (Å²) in [6.07, 6.45) is 0. The Morgan fingerprint density at radius 2 is 1.91 bits per heavy atom. The Hall–Kier alpha value is -2.46. The van der Waals surface area contributed by atoms with E-state index in [2.05, 4.69) is 0 Å². The van der Waals surface area contributed by atoms with Crippen LogP contribution in [0.4, 0.5) is 5.69 Å². The van der Waals surface area contributed by atoms with Gasteiger partial charge in [-0.2, -0.15) is 0 Å². The van der Waals surface area contributed by atoms with Crippen LogP contribution in [0.1, 0.15) is 5.76 Å². The van der Waals surface area contributed by atoms with Crippen LogP contribution < -0.4 is 5.56 Å². The van der Waals surface area contributed by atoms with E-state index in [1.807, 2.05) is 0 Å². The molecular weight excluding hydrogens is 314 g/mol. The highest BCUT2D eigenvalue weighted by molar-refractivity contribution is 7.89. The molecule has 0 aliphatic rings. The van der Waals surface area contributed by atoms with Crippen LogP contribution in [0.25, 0.3) is 5.69 Å². The molecule has 1 aromatic carbocycles. The number of aryl methyl sites for hydroxylation is 1. The normalized spacial score (nSPS) is 11.8. The van der Waals surface area contributed by atoms with Gasteiger partial charge in [-0.3, -0.25) is 14.9 Å². The Bertz CT molecular complexity index is 894. The number of nitro benzene ring substituents is 1. The van der Waals surface area contributed by atoms with Gasteiger partial charge in [0.15, 0.2) is 5.69 Å². The van der Waals surface area contributed by atoms with Gasteiger partial charge in [0, 0.05) is 26.2 Å². The molecule has 2 aromatic rings. The topological polar surface area (TPSA) is 116 Å². The highest BCUT2D eigenvalue weighted by Crippen LogP contribution is 2.26. The number of rotatable bonds is 4. The smallest absolute Gasteiger partial charge is 0.297 e. The summed E-state index contributed by atoms with van der Waals surface area (Å²) in [5, 5.41) is 11.2.